The number of nitrogens with zero attached hydrogens (tertiary/aromatic N) is 1. The van der Waals surface area contributed by atoms with Gasteiger partial charge in [-0.05, 0) is 48.9 Å². The van der Waals surface area contributed by atoms with Gasteiger partial charge in [-0.2, -0.15) is 0 Å². The molecular formula is C24H27FN2O7S. The Labute approximate surface area is 202 Å². The molecule has 2 N–H and O–H groups in total. The number of ether oxygens (including phenoxy) is 3. The van der Waals surface area contributed by atoms with Crippen molar-refractivity contribution < 1.29 is 36.9 Å². The minimum absolute atomic E-state index is 0.0200. The second-order valence-corrected chi connectivity index (χ2v) is 10.6. The van der Waals surface area contributed by atoms with E-state index < -0.39 is 34.2 Å². The smallest absolute Gasteiger partial charge is 0.261 e. The second-order valence-electron chi connectivity index (χ2n) is 8.91. The number of rotatable bonds is 6. The van der Waals surface area contributed by atoms with Crippen molar-refractivity contribution in [3.05, 3.63) is 53.8 Å². The molecule has 0 saturated carbocycles. The molecule has 3 aliphatic heterocycles. The Morgan fingerprint density at radius 2 is 1.89 bits per heavy atom. The van der Waals surface area contributed by atoms with Crippen LogP contribution in [0.25, 0.3) is 0 Å². The molecule has 3 aliphatic rings. The van der Waals surface area contributed by atoms with Gasteiger partial charge in [-0.15, -0.1) is 0 Å². The van der Waals surface area contributed by atoms with Crippen LogP contribution in [0, 0.1) is 5.82 Å². The molecule has 5 rings (SSSR count). The van der Waals surface area contributed by atoms with Gasteiger partial charge in [0, 0.05) is 30.3 Å². The summed E-state index contributed by atoms with van der Waals surface area (Å²) in [5.74, 6) is -0.127. The van der Waals surface area contributed by atoms with Crippen molar-refractivity contribution in [2.45, 2.75) is 42.0 Å². The van der Waals surface area contributed by atoms with Crippen molar-refractivity contribution in [1.29, 1.82) is 0 Å². The predicted molar refractivity (Wildman–Crippen MR) is 123 cm³/mol. The van der Waals surface area contributed by atoms with E-state index in [1.807, 2.05) is 0 Å². The van der Waals surface area contributed by atoms with Crippen molar-refractivity contribution in [3.8, 4) is 5.75 Å². The number of halogens is 1. The third-order valence-corrected chi connectivity index (χ3v) is 8.04. The number of aliphatic hydroxyl groups is 1. The van der Waals surface area contributed by atoms with Crippen LogP contribution in [-0.4, -0.2) is 75.6 Å². The number of amides is 1. The zero-order valence-electron chi connectivity index (χ0n) is 18.9. The number of morpholine rings is 1. The van der Waals surface area contributed by atoms with E-state index >= 15 is 0 Å². The van der Waals surface area contributed by atoms with E-state index in [4.69, 9.17) is 14.2 Å². The molecule has 0 aliphatic carbocycles. The lowest BCUT2D eigenvalue weighted by atomic mass is 9.84. The Bertz CT molecular complexity index is 1180. The van der Waals surface area contributed by atoms with Crippen LogP contribution in [0.2, 0.25) is 0 Å². The Kier molecular flexibility index (Phi) is 6.67. The van der Waals surface area contributed by atoms with Crippen molar-refractivity contribution in [3.63, 3.8) is 0 Å². The molecule has 188 valence electrons. The monoisotopic (exact) mass is 506 g/mol. The highest BCUT2D eigenvalue weighted by Gasteiger charge is 2.46. The molecule has 11 heteroatoms. The molecule has 1 amide bonds. The average molecular weight is 507 g/mol. The first-order valence-electron chi connectivity index (χ1n) is 11.5. The number of anilines is 1. The summed E-state index contributed by atoms with van der Waals surface area (Å²) in [7, 11) is -3.91. The molecule has 3 heterocycles. The second kappa shape index (κ2) is 9.73. The fraction of sp³-hybridized carbons (Fsp3) is 0.458. The van der Waals surface area contributed by atoms with Gasteiger partial charge in [-0.3, -0.25) is 9.52 Å². The summed E-state index contributed by atoms with van der Waals surface area (Å²) >= 11 is 0. The third-order valence-electron chi connectivity index (χ3n) is 6.64. The van der Waals surface area contributed by atoms with Gasteiger partial charge in [-0.25, -0.2) is 12.8 Å². The molecule has 0 aromatic heterocycles. The predicted octanol–water partition coefficient (Wildman–Crippen LogP) is 1.87. The van der Waals surface area contributed by atoms with Gasteiger partial charge >= 0.3 is 0 Å². The molecule has 9 nitrogen and oxygen atoms in total. The van der Waals surface area contributed by atoms with Crippen LogP contribution in [0.15, 0.2) is 47.4 Å². The SMILES string of the molecule is O=C(C[C@H]1C[C@H]2c3cc(NS(=O)(=O)c4ccc(F)cc4)ccc3O[C@H]2[C@@H](CO)O1)N1CCOCC1. The molecular weight excluding hydrogens is 479 g/mol. The average Bonchev–Trinajstić information content (AvgIpc) is 3.22. The Morgan fingerprint density at radius 1 is 1.14 bits per heavy atom. The standard InChI is InChI=1S/C24H27FN2O7S/c25-15-1-4-18(5-2-15)35(30,31)26-16-3-6-21-19(11-16)20-12-17(33-22(14-28)24(20)34-21)13-23(29)27-7-9-32-10-8-27/h1-6,11,17,20,22,24,26,28H,7-10,12-14H2/t17-,20+,22-,24-/m1/s1. The van der Waals surface area contributed by atoms with Gasteiger partial charge in [-0.1, -0.05) is 0 Å². The van der Waals surface area contributed by atoms with E-state index in [0.717, 1.165) is 17.7 Å². The van der Waals surface area contributed by atoms with Gasteiger partial charge in [0.25, 0.3) is 10.0 Å². The molecule has 0 unspecified atom stereocenters. The Morgan fingerprint density at radius 3 is 2.60 bits per heavy atom. The van der Waals surface area contributed by atoms with E-state index in [2.05, 4.69) is 4.72 Å². The van der Waals surface area contributed by atoms with Crippen molar-refractivity contribution in [2.24, 2.45) is 0 Å². The summed E-state index contributed by atoms with van der Waals surface area (Å²) in [4.78, 5) is 14.5. The van der Waals surface area contributed by atoms with Gasteiger partial charge < -0.3 is 24.2 Å². The Balaban J connectivity index is 1.34. The van der Waals surface area contributed by atoms with Crippen LogP contribution < -0.4 is 9.46 Å². The van der Waals surface area contributed by atoms with Crippen LogP contribution in [0.5, 0.6) is 5.75 Å². The summed E-state index contributed by atoms with van der Waals surface area (Å²) in [6, 6.07) is 9.55. The first-order chi connectivity index (χ1) is 16.8. The number of benzene rings is 2. The highest BCUT2D eigenvalue weighted by molar-refractivity contribution is 7.92. The summed E-state index contributed by atoms with van der Waals surface area (Å²) in [5.41, 5.74) is 1.13. The van der Waals surface area contributed by atoms with E-state index in [9.17, 15) is 22.7 Å². The topological polar surface area (TPSA) is 114 Å². The highest BCUT2D eigenvalue weighted by Crippen LogP contribution is 2.47. The molecule has 0 radical (unpaired) electrons. The van der Waals surface area contributed by atoms with Crippen LogP contribution in [0.4, 0.5) is 10.1 Å². The highest BCUT2D eigenvalue weighted by atomic mass is 32.2. The van der Waals surface area contributed by atoms with E-state index in [-0.39, 0.29) is 29.7 Å². The van der Waals surface area contributed by atoms with Gasteiger partial charge in [0.15, 0.2) is 0 Å². The maximum atomic E-state index is 13.2. The zero-order chi connectivity index (χ0) is 24.6. The summed E-state index contributed by atoms with van der Waals surface area (Å²) in [6.07, 6.45) is -0.765. The van der Waals surface area contributed by atoms with Crippen molar-refractivity contribution in [2.75, 3.05) is 37.6 Å². The summed E-state index contributed by atoms with van der Waals surface area (Å²) in [6.45, 7) is 1.86. The first-order valence-corrected chi connectivity index (χ1v) is 13.0. The molecule has 2 fully saturated rings. The third kappa shape index (κ3) is 4.99. The number of hydrogen-bond donors (Lipinski definition) is 2. The lowest BCUT2D eigenvalue weighted by molar-refractivity contribution is -0.151. The fourth-order valence-electron chi connectivity index (χ4n) is 4.92. The minimum Gasteiger partial charge on any atom is -0.487 e. The van der Waals surface area contributed by atoms with Crippen LogP contribution in [-0.2, 0) is 24.3 Å². The normalized spacial score (nSPS) is 25.9. The largest absolute Gasteiger partial charge is 0.487 e. The molecule has 2 saturated heterocycles. The van der Waals surface area contributed by atoms with E-state index in [1.54, 1.807) is 23.1 Å². The molecule has 0 spiro atoms. The quantitative estimate of drug-likeness (QED) is 0.615. The molecule has 35 heavy (non-hydrogen) atoms. The maximum Gasteiger partial charge on any atom is 0.261 e. The fourth-order valence-corrected chi connectivity index (χ4v) is 5.97. The number of carbonyl (C=O) groups is 1. The lowest BCUT2D eigenvalue weighted by Gasteiger charge is -2.38. The zero-order valence-corrected chi connectivity index (χ0v) is 19.7. The maximum absolute atomic E-state index is 13.2. The molecule has 4 atom stereocenters. The minimum atomic E-state index is -3.91. The number of sulfonamides is 1. The molecule has 0 bridgehead atoms. The van der Waals surface area contributed by atoms with Crippen molar-refractivity contribution in [1.82, 2.24) is 4.90 Å². The van der Waals surface area contributed by atoms with Gasteiger partial charge in [0.2, 0.25) is 5.91 Å². The first kappa shape index (κ1) is 24.0. The van der Waals surface area contributed by atoms with E-state index in [0.29, 0.717) is 44.2 Å². The van der Waals surface area contributed by atoms with Crippen LogP contribution >= 0.6 is 0 Å². The number of fused-ring (bicyclic) bond motifs is 3. The van der Waals surface area contributed by atoms with Gasteiger partial charge in [0.05, 0.1) is 37.2 Å². The molecule has 2 aromatic carbocycles. The van der Waals surface area contributed by atoms with Gasteiger partial charge in [0.1, 0.15) is 23.8 Å². The number of carbonyl (C=O) groups excluding carboxylic acids is 1. The lowest BCUT2D eigenvalue weighted by Crippen LogP contribution is -2.48. The number of aliphatic hydroxyl groups excluding tert-OH is 1. The molecule has 2 aromatic rings. The Hall–Kier alpha value is -2.73. The van der Waals surface area contributed by atoms with E-state index in [1.165, 1.54) is 12.1 Å². The van der Waals surface area contributed by atoms with Crippen molar-refractivity contribution >= 4 is 21.6 Å². The summed E-state index contributed by atoms with van der Waals surface area (Å²) < 4.78 is 58.6. The van der Waals surface area contributed by atoms with Crippen LogP contribution in [0.3, 0.4) is 0 Å². The number of nitrogens with one attached hydrogen (secondary N) is 1. The van der Waals surface area contributed by atoms with Crippen LogP contribution in [0.1, 0.15) is 24.3 Å². The number of hydrogen-bond acceptors (Lipinski definition) is 7. The summed E-state index contributed by atoms with van der Waals surface area (Å²) in [5, 5.41) is 9.94.